The van der Waals surface area contributed by atoms with Gasteiger partial charge in [-0.05, 0) is 42.0 Å². The van der Waals surface area contributed by atoms with Crippen molar-refractivity contribution in [2.24, 2.45) is 5.92 Å². The molecule has 3 nitrogen and oxygen atoms in total. The normalized spacial score (nSPS) is 15.1. The lowest BCUT2D eigenvalue weighted by molar-refractivity contribution is -0.119. The SMILES string of the molecule is O=C(Nc1cccc(CNCc2cccs2)c1)C1CCCC1. The molecule has 0 unspecified atom stereocenters. The molecule has 2 N–H and O–H groups in total. The zero-order chi connectivity index (χ0) is 15.2. The molecule has 1 aliphatic carbocycles. The summed E-state index contributed by atoms with van der Waals surface area (Å²) in [5.74, 6) is 0.391. The quantitative estimate of drug-likeness (QED) is 0.840. The number of hydrogen-bond acceptors (Lipinski definition) is 3. The predicted molar refractivity (Wildman–Crippen MR) is 91.9 cm³/mol. The molecule has 0 radical (unpaired) electrons. The molecule has 4 heteroatoms. The Morgan fingerprint density at radius 3 is 2.77 bits per heavy atom. The van der Waals surface area contributed by atoms with Gasteiger partial charge >= 0.3 is 0 Å². The molecule has 1 aromatic heterocycles. The maximum absolute atomic E-state index is 12.2. The number of benzene rings is 1. The van der Waals surface area contributed by atoms with Crippen LogP contribution >= 0.6 is 11.3 Å². The standard InChI is InChI=1S/C18H22N2OS/c21-18(15-6-1-2-7-15)20-16-8-3-5-14(11-16)12-19-13-17-9-4-10-22-17/h3-5,8-11,15,19H,1-2,6-7,12-13H2,(H,20,21). The summed E-state index contributed by atoms with van der Waals surface area (Å²) in [6.45, 7) is 1.70. The number of hydrogen-bond donors (Lipinski definition) is 2. The number of nitrogens with one attached hydrogen (secondary N) is 2. The van der Waals surface area contributed by atoms with Gasteiger partial charge in [0.1, 0.15) is 0 Å². The highest BCUT2D eigenvalue weighted by Gasteiger charge is 2.22. The van der Waals surface area contributed by atoms with E-state index < -0.39 is 0 Å². The molecule has 0 atom stereocenters. The van der Waals surface area contributed by atoms with E-state index in [1.807, 2.05) is 12.1 Å². The first-order valence-electron chi connectivity index (χ1n) is 7.94. The third-order valence-electron chi connectivity index (χ3n) is 4.13. The molecule has 0 aliphatic heterocycles. The fourth-order valence-electron chi connectivity index (χ4n) is 2.93. The van der Waals surface area contributed by atoms with Crippen molar-refractivity contribution in [3.8, 4) is 0 Å². The van der Waals surface area contributed by atoms with E-state index in [1.54, 1.807) is 11.3 Å². The van der Waals surface area contributed by atoms with Crippen LogP contribution in [0.4, 0.5) is 5.69 Å². The Labute approximate surface area is 135 Å². The van der Waals surface area contributed by atoms with Gasteiger partial charge in [-0.2, -0.15) is 0 Å². The maximum atomic E-state index is 12.2. The Morgan fingerprint density at radius 1 is 1.14 bits per heavy atom. The van der Waals surface area contributed by atoms with Crippen LogP contribution in [0.3, 0.4) is 0 Å². The summed E-state index contributed by atoms with van der Waals surface area (Å²) >= 11 is 1.76. The molecule has 116 valence electrons. The van der Waals surface area contributed by atoms with Gasteiger partial charge in [-0.3, -0.25) is 4.79 Å². The molecule has 0 spiro atoms. The average molecular weight is 314 g/mol. The largest absolute Gasteiger partial charge is 0.326 e. The van der Waals surface area contributed by atoms with Gasteiger partial charge < -0.3 is 10.6 Å². The summed E-state index contributed by atoms with van der Waals surface area (Å²) in [6, 6.07) is 12.3. The van der Waals surface area contributed by atoms with E-state index in [1.165, 1.54) is 23.3 Å². The van der Waals surface area contributed by atoms with Gasteiger partial charge in [-0.25, -0.2) is 0 Å². The van der Waals surface area contributed by atoms with Crippen molar-refractivity contribution in [3.05, 3.63) is 52.2 Å². The monoisotopic (exact) mass is 314 g/mol. The molecule has 1 saturated carbocycles. The van der Waals surface area contributed by atoms with Crippen LogP contribution in [-0.2, 0) is 17.9 Å². The summed E-state index contributed by atoms with van der Waals surface area (Å²) in [4.78, 5) is 13.5. The lowest BCUT2D eigenvalue weighted by Gasteiger charge is -2.11. The highest BCUT2D eigenvalue weighted by atomic mass is 32.1. The van der Waals surface area contributed by atoms with Crippen molar-refractivity contribution < 1.29 is 4.79 Å². The third-order valence-corrected chi connectivity index (χ3v) is 5.01. The Kier molecular flexibility index (Phi) is 5.24. The van der Waals surface area contributed by atoms with Gasteiger partial charge in [0.15, 0.2) is 0 Å². The van der Waals surface area contributed by atoms with Crippen LogP contribution in [0.5, 0.6) is 0 Å². The number of rotatable bonds is 6. The lowest BCUT2D eigenvalue weighted by Crippen LogP contribution is -2.20. The lowest BCUT2D eigenvalue weighted by atomic mass is 10.1. The smallest absolute Gasteiger partial charge is 0.227 e. The fraction of sp³-hybridized carbons (Fsp3) is 0.389. The molecule has 1 aliphatic rings. The fourth-order valence-corrected chi connectivity index (χ4v) is 3.61. The molecule has 0 saturated heterocycles. The highest BCUT2D eigenvalue weighted by Crippen LogP contribution is 2.26. The third kappa shape index (κ3) is 4.18. The molecular formula is C18H22N2OS. The van der Waals surface area contributed by atoms with E-state index >= 15 is 0 Å². The van der Waals surface area contributed by atoms with Gasteiger partial charge in [0.2, 0.25) is 5.91 Å². The van der Waals surface area contributed by atoms with E-state index in [9.17, 15) is 4.79 Å². The van der Waals surface area contributed by atoms with Crippen LogP contribution in [0.2, 0.25) is 0 Å². The Morgan fingerprint density at radius 2 is 2.00 bits per heavy atom. The van der Waals surface area contributed by atoms with Crippen molar-refractivity contribution >= 4 is 22.9 Å². The van der Waals surface area contributed by atoms with Crippen molar-refractivity contribution in [1.82, 2.24) is 5.32 Å². The first-order chi connectivity index (χ1) is 10.8. The molecule has 2 aromatic rings. The van der Waals surface area contributed by atoms with Crippen LogP contribution in [0.15, 0.2) is 41.8 Å². The minimum atomic E-state index is 0.182. The van der Waals surface area contributed by atoms with Crippen LogP contribution in [0.25, 0.3) is 0 Å². The highest BCUT2D eigenvalue weighted by molar-refractivity contribution is 7.09. The minimum Gasteiger partial charge on any atom is -0.326 e. The molecule has 0 bridgehead atoms. The average Bonchev–Trinajstić information content (AvgIpc) is 3.21. The Hall–Kier alpha value is -1.65. The molecular weight excluding hydrogens is 292 g/mol. The summed E-state index contributed by atoms with van der Waals surface area (Å²) in [5, 5.41) is 8.59. The van der Waals surface area contributed by atoms with Gasteiger partial charge in [-0.15, -0.1) is 11.3 Å². The predicted octanol–water partition coefficient (Wildman–Crippen LogP) is 4.17. The van der Waals surface area contributed by atoms with Gasteiger partial charge in [0.25, 0.3) is 0 Å². The number of carbonyl (C=O) groups excluding carboxylic acids is 1. The first-order valence-corrected chi connectivity index (χ1v) is 8.82. The van der Waals surface area contributed by atoms with Crippen LogP contribution < -0.4 is 10.6 Å². The maximum Gasteiger partial charge on any atom is 0.227 e. The summed E-state index contributed by atoms with van der Waals surface area (Å²) in [7, 11) is 0. The van der Waals surface area contributed by atoms with Crippen molar-refractivity contribution in [1.29, 1.82) is 0 Å². The second kappa shape index (κ2) is 7.56. The molecule has 1 fully saturated rings. The zero-order valence-corrected chi connectivity index (χ0v) is 13.5. The first kappa shape index (κ1) is 15.3. The van der Waals surface area contributed by atoms with E-state index in [2.05, 4.69) is 40.3 Å². The summed E-state index contributed by atoms with van der Waals surface area (Å²) in [6.07, 6.45) is 4.44. The topological polar surface area (TPSA) is 41.1 Å². The van der Waals surface area contributed by atoms with E-state index in [0.29, 0.717) is 0 Å². The number of carbonyl (C=O) groups is 1. The summed E-state index contributed by atoms with van der Waals surface area (Å²) in [5.41, 5.74) is 2.10. The number of thiophene rings is 1. The zero-order valence-electron chi connectivity index (χ0n) is 12.7. The van der Waals surface area contributed by atoms with Gasteiger partial charge in [0, 0.05) is 29.6 Å². The van der Waals surface area contributed by atoms with Crippen molar-refractivity contribution in [2.45, 2.75) is 38.8 Å². The van der Waals surface area contributed by atoms with E-state index in [-0.39, 0.29) is 11.8 Å². The Bertz CT molecular complexity index is 603. The van der Waals surface area contributed by atoms with E-state index in [4.69, 9.17) is 0 Å². The number of anilines is 1. The van der Waals surface area contributed by atoms with Gasteiger partial charge in [-0.1, -0.05) is 31.0 Å². The molecule has 22 heavy (non-hydrogen) atoms. The second-order valence-electron chi connectivity index (χ2n) is 5.85. The second-order valence-corrected chi connectivity index (χ2v) is 6.89. The van der Waals surface area contributed by atoms with Crippen LogP contribution in [0, 0.1) is 5.92 Å². The number of amides is 1. The van der Waals surface area contributed by atoms with Crippen LogP contribution in [0.1, 0.15) is 36.1 Å². The van der Waals surface area contributed by atoms with Gasteiger partial charge in [0.05, 0.1) is 0 Å². The van der Waals surface area contributed by atoms with Crippen molar-refractivity contribution in [3.63, 3.8) is 0 Å². The molecule has 1 heterocycles. The molecule has 3 rings (SSSR count). The minimum absolute atomic E-state index is 0.182. The van der Waals surface area contributed by atoms with Crippen LogP contribution in [-0.4, -0.2) is 5.91 Å². The summed E-state index contributed by atoms with van der Waals surface area (Å²) < 4.78 is 0. The van der Waals surface area contributed by atoms with E-state index in [0.717, 1.165) is 31.6 Å². The Balaban J connectivity index is 1.51. The van der Waals surface area contributed by atoms with Crippen molar-refractivity contribution in [2.75, 3.05) is 5.32 Å². The molecule has 1 aromatic carbocycles. The molecule has 1 amide bonds.